The van der Waals surface area contributed by atoms with Crippen molar-refractivity contribution in [2.75, 3.05) is 37.7 Å². The second-order valence-corrected chi connectivity index (χ2v) is 7.28. The average Bonchev–Trinajstić information content (AvgIpc) is 3.07. The van der Waals surface area contributed by atoms with Crippen LogP contribution in [0.5, 0.6) is 5.88 Å². The molecular weight excluding hydrogens is 350 g/mol. The molecule has 0 saturated carbocycles. The van der Waals surface area contributed by atoms with Gasteiger partial charge in [-0.2, -0.15) is 4.98 Å². The zero-order chi connectivity index (χ0) is 18.5. The fourth-order valence-corrected chi connectivity index (χ4v) is 3.77. The van der Waals surface area contributed by atoms with Crippen LogP contribution >= 0.6 is 11.3 Å². The molecule has 0 N–H and O–H groups in total. The highest BCUT2D eigenvalue weighted by molar-refractivity contribution is 7.13. The van der Waals surface area contributed by atoms with Crippen LogP contribution in [0.4, 0.5) is 9.93 Å². The summed E-state index contributed by atoms with van der Waals surface area (Å²) in [6.07, 6.45) is -0.706. The molecule has 2 heterocycles. The predicted molar refractivity (Wildman–Crippen MR) is 103 cm³/mol. The fourth-order valence-electron chi connectivity index (χ4n) is 2.98. The second kappa shape index (κ2) is 8.51. The zero-order valence-electron chi connectivity index (χ0n) is 15.5. The van der Waals surface area contributed by atoms with Gasteiger partial charge in [0.1, 0.15) is 0 Å². The Bertz CT molecular complexity index is 754. The van der Waals surface area contributed by atoms with Crippen molar-refractivity contribution in [3.8, 4) is 5.88 Å². The summed E-state index contributed by atoms with van der Waals surface area (Å²) in [4.78, 5) is 20.5. The molecule has 1 saturated heterocycles. The topological polar surface area (TPSA) is 54.9 Å². The lowest BCUT2D eigenvalue weighted by molar-refractivity contribution is 0.103. The van der Waals surface area contributed by atoms with Crippen LogP contribution < -0.4 is 9.64 Å². The first-order valence-corrected chi connectivity index (χ1v) is 9.76. The zero-order valence-corrected chi connectivity index (χ0v) is 16.3. The van der Waals surface area contributed by atoms with E-state index in [0.29, 0.717) is 5.88 Å². The number of carbonyl (C=O) groups excluding carboxylic acids is 1. The highest BCUT2D eigenvalue weighted by Gasteiger charge is 2.21. The molecule has 6 nitrogen and oxygen atoms in total. The van der Waals surface area contributed by atoms with Crippen LogP contribution in [0.2, 0.25) is 0 Å². The number of nitrogens with zero attached hydrogens (tertiary/aromatic N) is 3. The van der Waals surface area contributed by atoms with Gasteiger partial charge in [-0.05, 0) is 31.9 Å². The molecule has 1 aromatic carbocycles. The molecule has 3 rings (SSSR count). The molecule has 1 aliphatic heterocycles. The number of thiazole rings is 1. The highest BCUT2D eigenvalue weighted by Crippen LogP contribution is 2.26. The van der Waals surface area contributed by atoms with Crippen LogP contribution in [0.1, 0.15) is 23.6 Å². The molecule has 0 atom stereocenters. The Kier molecular flexibility index (Phi) is 6.11. The first-order chi connectivity index (χ1) is 12.5. The van der Waals surface area contributed by atoms with Crippen molar-refractivity contribution in [1.29, 1.82) is 0 Å². The second-order valence-electron chi connectivity index (χ2n) is 6.45. The monoisotopic (exact) mass is 375 g/mol. The number of hydrogen-bond acceptors (Lipinski definition) is 7. The standard InChI is InChI=1S/C19H25N3O3S/c1-4-24-19(23)25-17-13-26-18(20-17)22-9-7-21(8-10-22)12-16-11-14(2)5-6-15(16)3/h5-6,11,13H,4,7-10,12H2,1-3H3. The van der Waals surface area contributed by atoms with E-state index in [1.807, 2.05) is 0 Å². The first kappa shape index (κ1) is 18.7. The number of benzene rings is 1. The Balaban J connectivity index is 1.53. The molecular formula is C19H25N3O3S. The lowest BCUT2D eigenvalue weighted by atomic mass is 10.0. The summed E-state index contributed by atoms with van der Waals surface area (Å²) in [7, 11) is 0. The average molecular weight is 375 g/mol. The Morgan fingerprint density at radius 2 is 2.00 bits per heavy atom. The first-order valence-electron chi connectivity index (χ1n) is 8.88. The fraction of sp³-hybridized carbons (Fsp3) is 0.474. The van der Waals surface area contributed by atoms with Crippen molar-refractivity contribution in [2.45, 2.75) is 27.3 Å². The number of ether oxygens (including phenoxy) is 2. The van der Waals surface area contributed by atoms with E-state index in [4.69, 9.17) is 9.47 Å². The lowest BCUT2D eigenvalue weighted by Gasteiger charge is -2.34. The Hall–Kier alpha value is -2.12. The SMILES string of the molecule is CCOC(=O)Oc1csc(N2CCN(Cc3cc(C)ccc3C)CC2)n1. The number of hydrogen-bond donors (Lipinski definition) is 0. The van der Waals surface area contributed by atoms with Crippen LogP contribution in [0.3, 0.4) is 0 Å². The van der Waals surface area contributed by atoms with Gasteiger partial charge in [0.15, 0.2) is 5.13 Å². The van der Waals surface area contributed by atoms with E-state index in [-0.39, 0.29) is 6.61 Å². The molecule has 0 unspecified atom stereocenters. The molecule has 0 amide bonds. The van der Waals surface area contributed by atoms with Gasteiger partial charge in [-0.3, -0.25) is 4.90 Å². The minimum absolute atomic E-state index is 0.290. The van der Waals surface area contributed by atoms with Crippen LogP contribution in [0, 0.1) is 13.8 Å². The number of aryl methyl sites for hydroxylation is 2. The number of piperazine rings is 1. The maximum absolute atomic E-state index is 11.4. The van der Waals surface area contributed by atoms with E-state index < -0.39 is 6.16 Å². The van der Waals surface area contributed by atoms with Crippen molar-refractivity contribution >= 4 is 22.6 Å². The van der Waals surface area contributed by atoms with Gasteiger partial charge in [-0.15, -0.1) is 11.3 Å². The maximum Gasteiger partial charge on any atom is 0.515 e. The number of aromatic nitrogens is 1. The molecule has 0 radical (unpaired) electrons. The van der Waals surface area contributed by atoms with E-state index >= 15 is 0 Å². The van der Waals surface area contributed by atoms with Gasteiger partial charge >= 0.3 is 6.16 Å². The van der Waals surface area contributed by atoms with Crippen molar-refractivity contribution in [3.63, 3.8) is 0 Å². The van der Waals surface area contributed by atoms with Crippen molar-refractivity contribution in [3.05, 3.63) is 40.3 Å². The van der Waals surface area contributed by atoms with Crippen LogP contribution in [-0.2, 0) is 11.3 Å². The summed E-state index contributed by atoms with van der Waals surface area (Å²) < 4.78 is 9.82. The summed E-state index contributed by atoms with van der Waals surface area (Å²) in [5.41, 5.74) is 4.05. The van der Waals surface area contributed by atoms with E-state index in [1.165, 1.54) is 28.0 Å². The molecule has 0 aliphatic carbocycles. The third-order valence-corrected chi connectivity index (χ3v) is 5.34. The molecule has 1 fully saturated rings. The molecule has 0 bridgehead atoms. The highest BCUT2D eigenvalue weighted by atomic mass is 32.1. The van der Waals surface area contributed by atoms with Crippen molar-refractivity contribution in [2.24, 2.45) is 0 Å². The molecule has 2 aromatic rings. The van der Waals surface area contributed by atoms with Crippen molar-refractivity contribution < 1.29 is 14.3 Å². The Morgan fingerprint density at radius 1 is 1.23 bits per heavy atom. The number of carbonyl (C=O) groups is 1. The molecule has 1 aromatic heterocycles. The van der Waals surface area contributed by atoms with Gasteiger partial charge in [-0.25, -0.2) is 4.79 Å². The van der Waals surface area contributed by atoms with Gasteiger partial charge in [0.05, 0.1) is 12.0 Å². The van der Waals surface area contributed by atoms with E-state index in [9.17, 15) is 4.79 Å². The molecule has 26 heavy (non-hydrogen) atoms. The van der Waals surface area contributed by atoms with Crippen LogP contribution in [-0.4, -0.2) is 48.8 Å². The van der Waals surface area contributed by atoms with Gasteiger partial charge in [0, 0.05) is 32.7 Å². The van der Waals surface area contributed by atoms with E-state index in [0.717, 1.165) is 37.9 Å². The van der Waals surface area contributed by atoms with Gasteiger partial charge in [0.25, 0.3) is 0 Å². The third kappa shape index (κ3) is 4.74. The van der Waals surface area contributed by atoms with E-state index in [1.54, 1.807) is 12.3 Å². The molecule has 1 aliphatic rings. The summed E-state index contributed by atoms with van der Waals surface area (Å²) in [6, 6.07) is 6.64. The van der Waals surface area contributed by atoms with Gasteiger partial charge in [0.2, 0.25) is 5.88 Å². The van der Waals surface area contributed by atoms with Crippen LogP contribution in [0.25, 0.3) is 0 Å². The third-order valence-electron chi connectivity index (χ3n) is 4.46. The molecule has 140 valence electrons. The van der Waals surface area contributed by atoms with Gasteiger partial charge < -0.3 is 14.4 Å². The van der Waals surface area contributed by atoms with E-state index in [2.05, 4.69) is 46.8 Å². The normalized spacial score (nSPS) is 15.1. The lowest BCUT2D eigenvalue weighted by Crippen LogP contribution is -2.46. The predicted octanol–water partition coefficient (Wildman–Crippen LogP) is 3.62. The van der Waals surface area contributed by atoms with Gasteiger partial charge in [-0.1, -0.05) is 23.8 Å². The largest absolute Gasteiger partial charge is 0.515 e. The molecule has 7 heteroatoms. The van der Waals surface area contributed by atoms with Crippen molar-refractivity contribution in [1.82, 2.24) is 9.88 Å². The smallest absolute Gasteiger partial charge is 0.434 e. The molecule has 0 spiro atoms. The van der Waals surface area contributed by atoms with Crippen LogP contribution in [0.15, 0.2) is 23.6 Å². The Labute approximate surface area is 158 Å². The summed E-state index contributed by atoms with van der Waals surface area (Å²) in [5.74, 6) is 0.307. The summed E-state index contributed by atoms with van der Waals surface area (Å²) in [6.45, 7) is 11.1. The number of anilines is 1. The maximum atomic E-state index is 11.4. The number of rotatable bonds is 5. The quantitative estimate of drug-likeness (QED) is 0.744. The summed E-state index contributed by atoms with van der Waals surface area (Å²) >= 11 is 1.49. The summed E-state index contributed by atoms with van der Waals surface area (Å²) in [5, 5.41) is 2.63. The Morgan fingerprint density at radius 3 is 2.73 bits per heavy atom. The minimum Gasteiger partial charge on any atom is -0.434 e. The minimum atomic E-state index is -0.706.